The summed E-state index contributed by atoms with van der Waals surface area (Å²) in [5, 5.41) is 5.31. The number of nitrogens with one attached hydrogen (secondary N) is 2. The van der Waals surface area contributed by atoms with Crippen LogP contribution >= 0.6 is 12.6 Å². The van der Waals surface area contributed by atoms with Crippen LogP contribution in [0, 0.1) is 0 Å². The number of benzene rings is 1. The molecular weight excluding hydrogens is 276 g/mol. The van der Waals surface area contributed by atoms with Crippen molar-refractivity contribution in [2.45, 2.75) is 48.9 Å². The minimum absolute atomic E-state index is 0.00529. The highest BCUT2D eigenvalue weighted by molar-refractivity contribution is 7.81. The first-order valence-corrected chi connectivity index (χ1v) is 8.23. The Morgan fingerprint density at radius 3 is 3.14 bits per heavy atom. The topological polar surface area (TPSA) is 27.8 Å². The van der Waals surface area contributed by atoms with Gasteiger partial charge in [0.25, 0.3) is 0 Å². The fraction of sp³-hybridized carbons (Fsp3) is 0.444. The Labute approximate surface area is 131 Å². The van der Waals surface area contributed by atoms with Gasteiger partial charge in [-0.1, -0.05) is 18.2 Å². The monoisotopic (exact) mass is 298 g/mol. The molecule has 2 unspecified atom stereocenters. The predicted octanol–water partition coefficient (Wildman–Crippen LogP) is 3.80. The number of aromatic nitrogens is 1. The van der Waals surface area contributed by atoms with Gasteiger partial charge in [0, 0.05) is 39.8 Å². The van der Waals surface area contributed by atoms with Gasteiger partial charge in [0.05, 0.1) is 0 Å². The third kappa shape index (κ3) is 1.98. The van der Waals surface area contributed by atoms with Crippen LogP contribution in [-0.2, 0) is 6.42 Å². The van der Waals surface area contributed by atoms with Crippen LogP contribution in [0.15, 0.2) is 37.1 Å². The molecule has 2 aromatic rings. The molecule has 21 heavy (non-hydrogen) atoms. The molecule has 2 aliphatic rings. The van der Waals surface area contributed by atoms with Crippen LogP contribution in [0.2, 0.25) is 0 Å². The number of aromatic amines is 1. The fourth-order valence-electron chi connectivity index (χ4n) is 4.29. The molecule has 1 fully saturated rings. The van der Waals surface area contributed by atoms with Crippen molar-refractivity contribution >= 4 is 23.5 Å². The molecule has 110 valence electrons. The maximum absolute atomic E-state index is 4.98. The van der Waals surface area contributed by atoms with E-state index in [1.165, 1.54) is 22.0 Å². The zero-order chi connectivity index (χ0) is 14.6. The molecule has 1 aromatic carbocycles. The predicted molar refractivity (Wildman–Crippen MR) is 92.3 cm³/mol. The van der Waals surface area contributed by atoms with Crippen LogP contribution in [0.5, 0.6) is 0 Å². The second kappa shape index (κ2) is 4.65. The largest absolute Gasteiger partial charge is 0.361 e. The average molecular weight is 298 g/mol. The Morgan fingerprint density at radius 1 is 1.48 bits per heavy atom. The van der Waals surface area contributed by atoms with Crippen LogP contribution < -0.4 is 5.32 Å². The van der Waals surface area contributed by atoms with Gasteiger partial charge < -0.3 is 10.3 Å². The van der Waals surface area contributed by atoms with Gasteiger partial charge in [-0.25, -0.2) is 0 Å². The number of H-pyrrole nitrogens is 1. The second-order valence-corrected chi connectivity index (χ2v) is 7.83. The summed E-state index contributed by atoms with van der Waals surface area (Å²) >= 11 is 4.98. The summed E-state index contributed by atoms with van der Waals surface area (Å²) in [6, 6.07) is 7.57. The first kappa shape index (κ1) is 13.5. The summed E-state index contributed by atoms with van der Waals surface area (Å²) in [6.07, 6.45) is 7.41. The second-order valence-electron chi connectivity index (χ2n) is 6.81. The summed E-state index contributed by atoms with van der Waals surface area (Å²) < 4.78 is 0.00529. The van der Waals surface area contributed by atoms with Crippen LogP contribution in [0.4, 0.5) is 0 Å². The normalized spacial score (nSPS) is 34.7. The Bertz CT molecular complexity index is 700. The van der Waals surface area contributed by atoms with Gasteiger partial charge in [-0.05, 0) is 43.4 Å². The van der Waals surface area contributed by atoms with E-state index >= 15 is 0 Å². The Morgan fingerprint density at radius 2 is 2.33 bits per heavy atom. The van der Waals surface area contributed by atoms with Crippen molar-refractivity contribution in [3.8, 4) is 0 Å². The van der Waals surface area contributed by atoms with Crippen molar-refractivity contribution < 1.29 is 0 Å². The lowest BCUT2D eigenvalue weighted by Gasteiger charge is -2.48. The molecule has 4 atom stereocenters. The molecule has 0 bridgehead atoms. The summed E-state index contributed by atoms with van der Waals surface area (Å²) in [5.41, 5.74) is 4.22. The van der Waals surface area contributed by atoms with Gasteiger partial charge in [0.15, 0.2) is 0 Å². The highest BCUT2D eigenvalue weighted by Gasteiger charge is 2.44. The number of thiol groups is 1. The zero-order valence-corrected chi connectivity index (χ0v) is 13.3. The molecule has 2 heterocycles. The molecule has 2 nitrogen and oxygen atoms in total. The minimum Gasteiger partial charge on any atom is -0.361 e. The molecule has 4 rings (SSSR count). The molecule has 1 aliphatic heterocycles. The number of rotatable bonds is 2. The van der Waals surface area contributed by atoms with Crippen molar-refractivity contribution in [3.05, 3.63) is 48.2 Å². The van der Waals surface area contributed by atoms with E-state index in [1.54, 1.807) is 0 Å². The van der Waals surface area contributed by atoms with E-state index in [9.17, 15) is 0 Å². The molecule has 1 saturated heterocycles. The molecule has 1 aromatic heterocycles. The van der Waals surface area contributed by atoms with Crippen LogP contribution in [0.3, 0.4) is 0 Å². The molecule has 0 spiro atoms. The standard InChI is InChI=1S/C18H22N2S/c1-3-5-16-18(2,21)9-13-12-6-4-7-14-17(12)11(10-19-14)8-15(13)20-16/h3-4,6-7,10,13,15-16,19-21H,1,5,8-9H2,2H3/t13-,15-,16?,18?/m1/s1. The smallest absolute Gasteiger partial charge is 0.0459 e. The van der Waals surface area contributed by atoms with Crippen molar-refractivity contribution in [3.63, 3.8) is 0 Å². The van der Waals surface area contributed by atoms with E-state index in [0.29, 0.717) is 18.0 Å². The zero-order valence-electron chi connectivity index (χ0n) is 12.4. The van der Waals surface area contributed by atoms with Crippen molar-refractivity contribution in [2.24, 2.45) is 0 Å². The molecule has 2 N–H and O–H groups in total. The summed E-state index contributed by atoms with van der Waals surface area (Å²) in [7, 11) is 0. The van der Waals surface area contributed by atoms with Crippen LogP contribution in [-0.4, -0.2) is 21.8 Å². The Balaban J connectivity index is 1.79. The summed E-state index contributed by atoms with van der Waals surface area (Å²) in [4.78, 5) is 3.42. The number of hydrogen-bond acceptors (Lipinski definition) is 2. The molecule has 3 heteroatoms. The van der Waals surface area contributed by atoms with E-state index in [1.807, 2.05) is 6.08 Å². The molecule has 0 amide bonds. The first-order valence-electron chi connectivity index (χ1n) is 7.78. The van der Waals surface area contributed by atoms with E-state index in [2.05, 4.69) is 48.2 Å². The van der Waals surface area contributed by atoms with Gasteiger partial charge in [-0.2, -0.15) is 12.6 Å². The maximum Gasteiger partial charge on any atom is 0.0459 e. The fourth-order valence-corrected chi connectivity index (χ4v) is 4.67. The van der Waals surface area contributed by atoms with Crippen molar-refractivity contribution in [2.75, 3.05) is 0 Å². The van der Waals surface area contributed by atoms with Gasteiger partial charge in [-0.3, -0.25) is 0 Å². The molecule has 0 radical (unpaired) electrons. The van der Waals surface area contributed by atoms with E-state index < -0.39 is 0 Å². The van der Waals surface area contributed by atoms with E-state index in [4.69, 9.17) is 12.6 Å². The molecule has 0 saturated carbocycles. The average Bonchev–Trinajstić information content (AvgIpc) is 2.86. The lowest BCUT2D eigenvalue weighted by Crippen LogP contribution is -2.58. The van der Waals surface area contributed by atoms with E-state index in [-0.39, 0.29) is 4.75 Å². The first-order chi connectivity index (χ1) is 10.1. The van der Waals surface area contributed by atoms with E-state index in [0.717, 1.165) is 19.3 Å². The number of hydrogen-bond donors (Lipinski definition) is 3. The maximum atomic E-state index is 4.98. The van der Waals surface area contributed by atoms with Crippen LogP contribution in [0.1, 0.15) is 36.8 Å². The lowest BCUT2D eigenvalue weighted by atomic mass is 9.70. The SMILES string of the molecule is C=CCC1N[C@@H]2Cc3c[nH]c4cccc(c34)[C@H]2CC1(C)S. The van der Waals surface area contributed by atoms with Crippen molar-refractivity contribution in [1.82, 2.24) is 10.3 Å². The van der Waals surface area contributed by atoms with Gasteiger partial charge >= 0.3 is 0 Å². The van der Waals surface area contributed by atoms with Gasteiger partial charge in [0.2, 0.25) is 0 Å². The van der Waals surface area contributed by atoms with Crippen molar-refractivity contribution in [1.29, 1.82) is 0 Å². The van der Waals surface area contributed by atoms with Crippen LogP contribution in [0.25, 0.3) is 10.9 Å². The third-order valence-corrected chi connectivity index (χ3v) is 5.84. The Hall–Kier alpha value is -1.19. The third-order valence-electron chi connectivity index (χ3n) is 5.35. The highest BCUT2D eigenvalue weighted by atomic mass is 32.1. The quantitative estimate of drug-likeness (QED) is 0.571. The van der Waals surface area contributed by atoms with Gasteiger partial charge in [0.1, 0.15) is 0 Å². The molecular formula is C18H22N2S. The summed E-state index contributed by atoms with van der Waals surface area (Å²) in [5.74, 6) is 0.556. The Kier molecular flexibility index (Phi) is 2.98. The molecule has 1 aliphatic carbocycles. The number of fused-ring (bicyclic) bond motifs is 2. The lowest BCUT2D eigenvalue weighted by molar-refractivity contribution is 0.238. The minimum atomic E-state index is 0.00529. The number of piperidine rings is 1. The highest BCUT2D eigenvalue weighted by Crippen LogP contribution is 2.46. The van der Waals surface area contributed by atoms with Gasteiger partial charge in [-0.15, -0.1) is 6.58 Å². The summed E-state index contributed by atoms with van der Waals surface area (Å²) in [6.45, 7) is 6.17.